The zero-order valence-electron chi connectivity index (χ0n) is 31.3. The van der Waals surface area contributed by atoms with Crippen molar-refractivity contribution in [2.24, 2.45) is 0 Å². The maximum Gasteiger partial charge on any atom is 0.263 e. The second-order valence-corrected chi connectivity index (χ2v) is 15.7. The minimum absolute atomic E-state index is 0.00597. The standard InChI is InChI=1S/C40H46N6O6S/c1-25(2)29-13-11-14-30(26(3)4)34(29)43-33(47)21-24-51-39-35(52-32-16-10-9-15-31(32)50-8)36(44-38(45-39)37-41-22-12-23-42-37)46-53(48,49)28-19-17-27(18-20-28)40(5,6)7/h9-20,22-23,25-26H,21,24H2,1-8H3,(H,43,47)(H,44,45,46). The lowest BCUT2D eigenvalue weighted by Gasteiger charge is -2.20. The van der Waals surface area contributed by atoms with E-state index in [2.05, 4.69) is 57.7 Å². The minimum Gasteiger partial charge on any atom is -0.493 e. The SMILES string of the molecule is COc1ccccc1Oc1c(NS(=O)(=O)c2ccc(C(C)(C)C)cc2)nc(-c2ncccn2)nc1OCCC(=O)Nc1c(C(C)C)cccc1C(C)C. The molecular formula is C40H46N6O6S. The number of methoxy groups -OCH3 is 1. The molecule has 2 N–H and O–H groups in total. The van der Waals surface area contributed by atoms with Gasteiger partial charge in [-0.3, -0.25) is 9.52 Å². The van der Waals surface area contributed by atoms with Crippen molar-refractivity contribution < 1.29 is 27.4 Å². The van der Waals surface area contributed by atoms with Gasteiger partial charge in [-0.05, 0) is 64.3 Å². The third kappa shape index (κ3) is 9.46. The molecule has 53 heavy (non-hydrogen) atoms. The second kappa shape index (κ2) is 16.4. The van der Waals surface area contributed by atoms with Crippen LogP contribution < -0.4 is 24.2 Å². The average molecular weight is 739 g/mol. The zero-order chi connectivity index (χ0) is 38.3. The highest BCUT2D eigenvalue weighted by Gasteiger charge is 2.27. The number of rotatable bonds is 14. The number of ether oxygens (including phenoxy) is 3. The molecule has 0 saturated carbocycles. The summed E-state index contributed by atoms with van der Waals surface area (Å²) in [5, 5.41) is 3.10. The van der Waals surface area contributed by atoms with Gasteiger partial charge in [0.15, 0.2) is 23.1 Å². The van der Waals surface area contributed by atoms with Crippen LogP contribution in [0.3, 0.4) is 0 Å². The predicted octanol–water partition coefficient (Wildman–Crippen LogP) is 8.49. The number of hydrogen-bond acceptors (Lipinski definition) is 10. The quantitative estimate of drug-likeness (QED) is 0.113. The lowest BCUT2D eigenvalue weighted by Crippen LogP contribution is -2.19. The molecule has 2 aromatic heterocycles. The number of nitrogens with one attached hydrogen (secondary N) is 2. The van der Waals surface area contributed by atoms with Crippen molar-refractivity contribution in [1.82, 2.24) is 19.9 Å². The molecule has 0 bridgehead atoms. The van der Waals surface area contributed by atoms with Crippen molar-refractivity contribution in [3.05, 3.63) is 102 Å². The van der Waals surface area contributed by atoms with Crippen molar-refractivity contribution in [3.63, 3.8) is 0 Å². The third-order valence-electron chi connectivity index (χ3n) is 8.35. The van der Waals surface area contributed by atoms with Crippen LogP contribution in [-0.4, -0.2) is 48.0 Å². The number of carbonyl (C=O) groups excluding carboxylic acids is 1. The Morgan fingerprint density at radius 2 is 1.42 bits per heavy atom. The molecule has 12 nitrogen and oxygen atoms in total. The highest BCUT2D eigenvalue weighted by atomic mass is 32.2. The molecule has 13 heteroatoms. The Balaban J connectivity index is 1.54. The van der Waals surface area contributed by atoms with Gasteiger partial charge in [-0.25, -0.2) is 23.4 Å². The van der Waals surface area contributed by atoms with Crippen molar-refractivity contribution in [3.8, 4) is 34.8 Å². The van der Waals surface area contributed by atoms with E-state index in [9.17, 15) is 13.2 Å². The van der Waals surface area contributed by atoms with Crippen LogP contribution in [0.2, 0.25) is 0 Å². The number of carbonyl (C=O) groups is 1. The van der Waals surface area contributed by atoms with Crippen molar-refractivity contribution in [2.45, 2.75) is 77.0 Å². The summed E-state index contributed by atoms with van der Waals surface area (Å²) >= 11 is 0. The van der Waals surface area contributed by atoms with Crippen LogP contribution in [0.15, 0.2) is 90.1 Å². The van der Waals surface area contributed by atoms with Gasteiger partial charge in [-0.1, -0.05) is 90.9 Å². The number of anilines is 2. The van der Waals surface area contributed by atoms with Crippen LogP contribution in [-0.2, 0) is 20.2 Å². The summed E-state index contributed by atoms with van der Waals surface area (Å²) in [6.45, 7) is 14.3. The van der Waals surface area contributed by atoms with Gasteiger partial charge in [0.1, 0.15) is 0 Å². The lowest BCUT2D eigenvalue weighted by molar-refractivity contribution is -0.116. The molecular weight excluding hydrogens is 693 g/mol. The van der Waals surface area contributed by atoms with Crippen LogP contribution in [0.4, 0.5) is 11.5 Å². The first-order chi connectivity index (χ1) is 25.2. The second-order valence-electron chi connectivity index (χ2n) is 14.0. The van der Waals surface area contributed by atoms with Crippen molar-refractivity contribution in [1.29, 1.82) is 0 Å². The smallest absolute Gasteiger partial charge is 0.263 e. The summed E-state index contributed by atoms with van der Waals surface area (Å²) in [5.41, 5.74) is 3.65. The number of nitrogens with zero attached hydrogens (tertiary/aromatic N) is 4. The molecule has 5 aromatic rings. The lowest BCUT2D eigenvalue weighted by atomic mass is 9.87. The number of para-hydroxylation sites is 3. The molecule has 5 rings (SSSR count). The predicted molar refractivity (Wildman–Crippen MR) is 205 cm³/mol. The van der Waals surface area contributed by atoms with Crippen LogP contribution in [0, 0.1) is 0 Å². The molecule has 0 aliphatic rings. The summed E-state index contributed by atoms with van der Waals surface area (Å²) in [6, 6.07) is 21.1. The van der Waals surface area contributed by atoms with Crippen molar-refractivity contribution in [2.75, 3.05) is 23.8 Å². The first kappa shape index (κ1) is 38.7. The Bertz CT molecular complexity index is 2130. The summed E-state index contributed by atoms with van der Waals surface area (Å²) in [7, 11) is -2.74. The maximum absolute atomic E-state index is 13.9. The molecule has 0 aliphatic carbocycles. The molecule has 0 radical (unpaired) electrons. The van der Waals surface area contributed by atoms with Crippen molar-refractivity contribution >= 4 is 27.4 Å². The summed E-state index contributed by atoms with van der Waals surface area (Å²) in [6.07, 6.45) is 2.97. The van der Waals surface area contributed by atoms with Gasteiger partial charge >= 0.3 is 0 Å². The van der Waals surface area contributed by atoms with E-state index in [0.29, 0.717) is 5.75 Å². The van der Waals surface area contributed by atoms with Gasteiger partial charge < -0.3 is 19.5 Å². The Hall–Kier alpha value is -5.56. The molecule has 0 unspecified atom stereocenters. The number of amides is 1. The van der Waals surface area contributed by atoms with E-state index < -0.39 is 10.0 Å². The van der Waals surface area contributed by atoms with E-state index in [0.717, 1.165) is 22.4 Å². The van der Waals surface area contributed by atoms with E-state index in [1.54, 1.807) is 42.5 Å². The van der Waals surface area contributed by atoms with E-state index in [-0.39, 0.29) is 75.9 Å². The number of benzene rings is 3. The van der Waals surface area contributed by atoms with Gasteiger partial charge in [-0.15, -0.1) is 0 Å². The minimum atomic E-state index is -4.22. The van der Waals surface area contributed by atoms with E-state index in [1.807, 2.05) is 39.0 Å². The van der Waals surface area contributed by atoms with Crippen LogP contribution >= 0.6 is 0 Å². The number of sulfonamides is 1. The highest BCUT2D eigenvalue weighted by molar-refractivity contribution is 7.92. The number of aromatic nitrogens is 4. The number of hydrogen-bond donors (Lipinski definition) is 2. The molecule has 0 fully saturated rings. The first-order valence-electron chi connectivity index (χ1n) is 17.4. The fourth-order valence-corrected chi connectivity index (χ4v) is 6.48. The molecule has 0 saturated heterocycles. The summed E-state index contributed by atoms with van der Waals surface area (Å²) in [4.78, 5) is 31.0. The molecule has 278 valence electrons. The van der Waals surface area contributed by atoms with Crippen LogP contribution in [0.5, 0.6) is 23.1 Å². The van der Waals surface area contributed by atoms with Gasteiger partial charge in [0.05, 0.1) is 25.0 Å². The monoisotopic (exact) mass is 738 g/mol. The van der Waals surface area contributed by atoms with E-state index in [1.165, 1.54) is 31.6 Å². The molecule has 3 aromatic carbocycles. The molecule has 1 amide bonds. The first-order valence-corrected chi connectivity index (χ1v) is 18.9. The molecule has 0 aliphatic heterocycles. The Labute approximate surface area is 311 Å². The third-order valence-corrected chi connectivity index (χ3v) is 9.70. The summed E-state index contributed by atoms with van der Waals surface area (Å²) < 4.78 is 48.3. The van der Waals surface area contributed by atoms with Crippen LogP contribution in [0.1, 0.15) is 83.4 Å². The zero-order valence-corrected chi connectivity index (χ0v) is 32.1. The Morgan fingerprint density at radius 3 is 2.00 bits per heavy atom. The molecule has 2 heterocycles. The molecule has 0 atom stereocenters. The van der Waals surface area contributed by atoms with E-state index >= 15 is 0 Å². The molecule has 0 spiro atoms. The maximum atomic E-state index is 13.9. The topological polar surface area (TPSA) is 155 Å². The van der Waals surface area contributed by atoms with Gasteiger partial charge in [0.25, 0.3) is 15.9 Å². The van der Waals surface area contributed by atoms with Crippen LogP contribution in [0.25, 0.3) is 11.6 Å². The highest BCUT2D eigenvalue weighted by Crippen LogP contribution is 2.41. The Morgan fingerprint density at radius 1 is 0.792 bits per heavy atom. The average Bonchev–Trinajstić information content (AvgIpc) is 3.12. The van der Waals surface area contributed by atoms with E-state index in [4.69, 9.17) is 14.2 Å². The largest absolute Gasteiger partial charge is 0.493 e. The Kier molecular flexibility index (Phi) is 12.0. The van der Waals surface area contributed by atoms with Gasteiger partial charge in [0, 0.05) is 18.1 Å². The fourth-order valence-electron chi connectivity index (χ4n) is 5.47. The fraction of sp³-hybridized carbons (Fsp3) is 0.325. The van der Waals surface area contributed by atoms with Gasteiger partial charge in [0.2, 0.25) is 17.5 Å². The van der Waals surface area contributed by atoms with Gasteiger partial charge in [-0.2, -0.15) is 4.98 Å². The normalized spacial score (nSPS) is 11.7. The summed E-state index contributed by atoms with van der Waals surface area (Å²) in [5.74, 6) is 0.250.